The van der Waals surface area contributed by atoms with Crippen molar-refractivity contribution < 1.29 is 18.9 Å². The first-order valence-corrected chi connectivity index (χ1v) is 10.6. The minimum absolute atomic E-state index is 0.0166. The van der Waals surface area contributed by atoms with Gasteiger partial charge in [0.05, 0.1) is 0 Å². The lowest BCUT2D eigenvalue weighted by atomic mass is 9.74. The molecule has 0 amide bonds. The molecule has 1 aromatic rings. The molecule has 0 spiro atoms. The highest BCUT2D eigenvalue weighted by Crippen LogP contribution is 2.40. The quantitative estimate of drug-likeness (QED) is 0.374. The van der Waals surface area contributed by atoms with E-state index in [0.29, 0.717) is 12.7 Å². The van der Waals surface area contributed by atoms with Gasteiger partial charge in [0.25, 0.3) is 0 Å². The summed E-state index contributed by atoms with van der Waals surface area (Å²) >= 11 is 0. The molecule has 2 N–H and O–H groups in total. The van der Waals surface area contributed by atoms with Crippen LogP contribution >= 0.6 is 0 Å². The number of fused-ring (bicyclic) bond motifs is 1. The molecule has 7 nitrogen and oxygen atoms in total. The smallest absolute Gasteiger partial charge is 0.231 e. The fourth-order valence-corrected chi connectivity index (χ4v) is 3.73. The average Bonchev–Trinajstić information content (AvgIpc) is 3.21. The zero-order valence-corrected chi connectivity index (χ0v) is 18.0. The molecule has 1 saturated heterocycles. The van der Waals surface area contributed by atoms with Crippen molar-refractivity contribution in [3.05, 3.63) is 23.8 Å². The normalized spacial score (nSPS) is 18.1. The van der Waals surface area contributed by atoms with Gasteiger partial charge in [0.1, 0.15) is 0 Å². The molecule has 0 saturated carbocycles. The summed E-state index contributed by atoms with van der Waals surface area (Å²) in [7, 11) is 1.81. The summed E-state index contributed by atoms with van der Waals surface area (Å²) in [5, 5.41) is 6.92. The van der Waals surface area contributed by atoms with Crippen LogP contribution in [-0.4, -0.2) is 59.3 Å². The maximum atomic E-state index is 5.65. The third-order valence-corrected chi connectivity index (χ3v) is 5.46. The first kappa shape index (κ1) is 21.7. The highest BCUT2D eigenvalue weighted by atomic mass is 16.7. The summed E-state index contributed by atoms with van der Waals surface area (Å²) in [4.78, 5) is 4.38. The monoisotopic (exact) mass is 405 g/mol. The number of hydrogen-bond acceptors (Lipinski definition) is 5. The number of rotatable bonds is 9. The van der Waals surface area contributed by atoms with E-state index in [-0.39, 0.29) is 5.41 Å². The molecule has 1 fully saturated rings. The van der Waals surface area contributed by atoms with Gasteiger partial charge in [-0.3, -0.25) is 4.99 Å². The molecule has 3 rings (SSSR count). The van der Waals surface area contributed by atoms with Gasteiger partial charge in [-0.2, -0.15) is 0 Å². The van der Waals surface area contributed by atoms with Crippen molar-refractivity contribution >= 4 is 5.96 Å². The fourth-order valence-electron chi connectivity index (χ4n) is 3.73. The molecule has 7 heteroatoms. The Morgan fingerprint density at radius 1 is 1.17 bits per heavy atom. The molecular formula is C22H35N3O4. The molecule has 29 heavy (non-hydrogen) atoms. The van der Waals surface area contributed by atoms with Gasteiger partial charge in [-0.05, 0) is 42.9 Å². The molecule has 2 aliphatic heterocycles. The highest BCUT2D eigenvalue weighted by molar-refractivity contribution is 5.79. The van der Waals surface area contributed by atoms with Gasteiger partial charge in [-0.25, -0.2) is 0 Å². The predicted molar refractivity (Wildman–Crippen MR) is 114 cm³/mol. The van der Waals surface area contributed by atoms with Crippen LogP contribution in [0, 0.1) is 5.92 Å². The van der Waals surface area contributed by atoms with Gasteiger partial charge in [0, 0.05) is 52.0 Å². The van der Waals surface area contributed by atoms with E-state index in [1.165, 1.54) is 5.56 Å². The first-order chi connectivity index (χ1) is 14.1. The molecule has 0 aliphatic carbocycles. The van der Waals surface area contributed by atoms with Crippen LogP contribution in [0.2, 0.25) is 0 Å². The van der Waals surface area contributed by atoms with Crippen LogP contribution in [0.3, 0.4) is 0 Å². The van der Waals surface area contributed by atoms with Crippen molar-refractivity contribution in [1.82, 2.24) is 10.6 Å². The molecule has 2 heterocycles. The second-order valence-corrected chi connectivity index (χ2v) is 8.14. The van der Waals surface area contributed by atoms with Crippen LogP contribution in [0.4, 0.5) is 0 Å². The van der Waals surface area contributed by atoms with E-state index in [4.69, 9.17) is 18.9 Å². The molecule has 162 valence electrons. The van der Waals surface area contributed by atoms with Crippen molar-refractivity contribution in [2.45, 2.75) is 38.5 Å². The van der Waals surface area contributed by atoms with E-state index < -0.39 is 0 Å². The average molecular weight is 406 g/mol. The molecule has 1 aromatic carbocycles. The number of nitrogens with one attached hydrogen (secondary N) is 2. The van der Waals surface area contributed by atoms with Gasteiger partial charge < -0.3 is 29.6 Å². The standard InChI is InChI=1S/C22H35N3O4/c1-17(2)14-27-10-4-9-24-21(23-3)25-15-22(7-11-26-12-8-22)18-5-6-19-20(13-18)29-16-28-19/h5-6,13,17H,4,7-12,14-16H2,1-3H3,(H2,23,24,25). The molecule has 0 atom stereocenters. The summed E-state index contributed by atoms with van der Waals surface area (Å²) in [6.45, 7) is 9.34. The van der Waals surface area contributed by atoms with Gasteiger partial charge in [0.15, 0.2) is 17.5 Å². The first-order valence-electron chi connectivity index (χ1n) is 10.6. The Hall–Kier alpha value is -1.99. The van der Waals surface area contributed by atoms with Crippen LogP contribution in [0.1, 0.15) is 38.7 Å². The van der Waals surface area contributed by atoms with Crippen LogP contribution in [-0.2, 0) is 14.9 Å². The summed E-state index contributed by atoms with van der Waals surface area (Å²) in [5.41, 5.74) is 1.24. The highest BCUT2D eigenvalue weighted by Gasteiger charge is 2.35. The lowest BCUT2D eigenvalue weighted by molar-refractivity contribution is 0.0513. The van der Waals surface area contributed by atoms with Crippen molar-refractivity contribution in [2.24, 2.45) is 10.9 Å². The second kappa shape index (κ2) is 10.7. The van der Waals surface area contributed by atoms with Crippen molar-refractivity contribution in [1.29, 1.82) is 0 Å². The second-order valence-electron chi connectivity index (χ2n) is 8.14. The minimum Gasteiger partial charge on any atom is -0.454 e. The van der Waals surface area contributed by atoms with Crippen molar-refractivity contribution in [2.75, 3.05) is 53.4 Å². The third kappa shape index (κ3) is 6.00. The number of guanidine groups is 1. The van der Waals surface area contributed by atoms with Crippen LogP contribution < -0.4 is 20.1 Å². The Morgan fingerprint density at radius 3 is 2.72 bits per heavy atom. The minimum atomic E-state index is -0.0166. The Labute approximate surface area is 174 Å². The lowest BCUT2D eigenvalue weighted by Crippen LogP contribution is -2.48. The lowest BCUT2D eigenvalue weighted by Gasteiger charge is -2.38. The maximum absolute atomic E-state index is 5.65. The Kier molecular flexibility index (Phi) is 8.00. The van der Waals surface area contributed by atoms with Gasteiger partial charge in [0.2, 0.25) is 6.79 Å². The van der Waals surface area contributed by atoms with E-state index in [1.54, 1.807) is 0 Å². The number of hydrogen-bond donors (Lipinski definition) is 2. The van der Waals surface area contributed by atoms with E-state index in [0.717, 1.165) is 76.2 Å². The van der Waals surface area contributed by atoms with Gasteiger partial charge in [-0.1, -0.05) is 19.9 Å². The Bertz CT molecular complexity index is 672. The summed E-state index contributed by atoms with van der Waals surface area (Å²) in [6, 6.07) is 6.29. The largest absolute Gasteiger partial charge is 0.454 e. The molecule has 0 aromatic heterocycles. The summed E-state index contributed by atoms with van der Waals surface area (Å²) in [5.74, 6) is 3.04. The Balaban J connectivity index is 1.54. The van der Waals surface area contributed by atoms with Crippen LogP contribution in [0.25, 0.3) is 0 Å². The van der Waals surface area contributed by atoms with E-state index in [2.05, 4.69) is 41.6 Å². The fraction of sp³-hybridized carbons (Fsp3) is 0.682. The van der Waals surface area contributed by atoms with Gasteiger partial charge >= 0.3 is 0 Å². The zero-order valence-electron chi connectivity index (χ0n) is 18.0. The van der Waals surface area contributed by atoms with Crippen molar-refractivity contribution in [3.8, 4) is 11.5 Å². The van der Waals surface area contributed by atoms with Gasteiger partial charge in [-0.15, -0.1) is 0 Å². The maximum Gasteiger partial charge on any atom is 0.231 e. The van der Waals surface area contributed by atoms with E-state index >= 15 is 0 Å². The summed E-state index contributed by atoms with van der Waals surface area (Å²) < 4.78 is 22.4. The number of nitrogens with zero attached hydrogens (tertiary/aromatic N) is 1. The third-order valence-electron chi connectivity index (χ3n) is 5.46. The van der Waals surface area contributed by atoms with Crippen LogP contribution in [0.15, 0.2) is 23.2 Å². The SMILES string of the molecule is CN=C(NCCCOCC(C)C)NCC1(c2ccc3c(c2)OCO3)CCOCC1. The topological polar surface area (TPSA) is 73.3 Å². The van der Waals surface area contributed by atoms with Crippen molar-refractivity contribution in [3.63, 3.8) is 0 Å². The van der Waals surface area contributed by atoms with E-state index in [1.807, 2.05) is 13.1 Å². The Morgan fingerprint density at radius 2 is 1.97 bits per heavy atom. The number of benzene rings is 1. The molecule has 0 bridgehead atoms. The zero-order chi connectivity index (χ0) is 20.5. The van der Waals surface area contributed by atoms with Crippen LogP contribution in [0.5, 0.6) is 11.5 Å². The summed E-state index contributed by atoms with van der Waals surface area (Å²) in [6.07, 6.45) is 2.87. The number of ether oxygens (including phenoxy) is 4. The molecular weight excluding hydrogens is 370 g/mol. The van der Waals surface area contributed by atoms with E-state index in [9.17, 15) is 0 Å². The molecule has 0 radical (unpaired) electrons. The number of aliphatic imine (C=N–C) groups is 1. The molecule has 2 aliphatic rings. The predicted octanol–water partition coefficient (Wildman–Crippen LogP) is 2.69. The molecule has 0 unspecified atom stereocenters.